The highest BCUT2D eigenvalue weighted by Gasteiger charge is 2.24. The number of nitriles is 1. The molecular weight excluding hydrogens is 276 g/mol. The van der Waals surface area contributed by atoms with E-state index in [1.54, 1.807) is 17.0 Å². The second kappa shape index (κ2) is 8.77. The number of benzene rings is 1. The summed E-state index contributed by atoms with van der Waals surface area (Å²) in [4.78, 5) is 1.67. The second-order valence-electron chi connectivity index (χ2n) is 6.45. The summed E-state index contributed by atoms with van der Waals surface area (Å²) in [7, 11) is 0. The first-order valence-corrected chi connectivity index (χ1v) is 8.21. The number of hydrogen-bond donors (Lipinski definition) is 1. The molecule has 1 aromatic rings. The smallest absolute Gasteiger partial charge is 0.119 e. The lowest BCUT2D eigenvalue weighted by molar-refractivity contribution is -0.912. The predicted octanol–water partition coefficient (Wildman–Crippen LogP) is 1.51. The lowest BCUT2D eigenvalue weighted by atomic mass is 9.92. The summed E-state index contributed by atoms with van der Waals surface area (Å²) in [6.07, 6.45) is 1.36. The highest BCUT2D eigenvalue weighted by atomic mass is 16.5. The monoisotopic (exact) mass is 303 g/mol. The van der Waals surface area contributed by atoms with E-state index in [2.05, 4.69) is 19.9 Å². The molecular formula is C18H27N2O2+. The normalized spacial score (nSPS) is 24.7. The van der Waals surface area contributed by atoms with Crippen molar-refractivity contribution in [2.45, 2.75) is 20.3 Å². The number of rotatable bonds is 7. The first-order valence-electron chi connectivity index (χ1n) is 8.21. The number of nitrogens with one attached hydrogen (secondary N) is 1. The molecule has 0 saturated carbocycles. The van der Waals surface area contributed by atoms with E-state index in [-0.39, 0.29) is 0 Å². The average molecular weight is 303 g/mol. The minimum atomic E-state index is 0.550. The molecule has 0 aromatic heterocycles. The first kappa shape index (κ1) is 16.8. The molecule has 4 nitrogen and oxygen atoms in total. The van der Waals surface area contributed by atoms with Crippen LogP contribution in [-0.2, 0) is 4.74 Å². The van der Waals surface area contributed by atoms with E-state index in [1.165, 1.54) is 19.5 Å². The fourth-order valence-corrected chi connectivity index (χ4v) is 3.29. The molecule has 2 rings (SSSR count). The van der Waals surface area contributed by atoms with Crippen LogP contribution in [0.5, 0.6) is 5.75 Å². The number of ether oxygens (including phenoxy) is 2. The molecule has 1 aromatic carbocycles. The van der Waals surface area contributed by atoms with Gasteiger partial charge in [-0.3, -0.25) is 0 Å². The highest BCUT2D eigenvalue weighted by Crippen LogP contribution is 2.12. The van der Waals surface area contributed by atoms with Crippen LogP contribution < -0.4 is 9.64 Å². The summed E-state index contributed by atoms with van der Waals surface area (Å²) in [5.74, 6) is 2.45. The average Bonchev–Trinajstić information content (AvgIpc) is 2.50. The molecule has 120 valence electrons. The molecule has 1 aliphatic rings. The van der Waals surface area contributed by atoms with Crippen molar-refractivity contribution in [1.82, 2.24) is 0 Å². The van der Waals surface area contributed by atoms with Crippen molar-refractivity contribution in [2.24, 2.45) is 11.8 Å². The van der Waals surface area contributed by atoms with Crippen molar-refractivity contribution >= 4 is 0 Å². The fourth-order valence-electron chi connectivity index (χ4n) is 3.29. The number of hydrogen-bond acceptors (Lipinski definition) is 3. The molecule has 0 aliphatic carbocycles. The Morgan fingerprint density at radius 2 is 1.77 bits per heavy atom. The van der Waals surface area contributed by atoms with Crippen LogP contribution in [0.15, 0.2) is 24.3 Å². The summed E-state index contributed by atoms with van der Waals surface area (Å²) >= 11 is 0. The van der Waals surface area contributed by atoms with Crippen LogP contribution in [-0.4, -0.2) is 39.5 Å². The van der Waals surface area contributed by atoms with E-state index in [4.69, 9.17) is 14.7 Å². The topological polar surface area (TPSA) is 46.7 Å². The Balaban J connectivity index is 1.54. The van der Waals surface area contributed by atoms with Crippen molar-refractivity contribution in [3.8, 4) is 11.8 Å². The number of quaternary nitrogens is 1. The minimum absolute atomic E-state index is 0.550. The standard InChI is InChI=1S/C18H26N2O2/c1-15-11-16(2)14-20(13-15)7-8-21-9-10-22-18-5-3-17(12-19)4-6-18/h3-6,15-16H,7-11,13-14H2,1-2H3/p+1/t15-,16-/m0/s1. The largest absolute Gasteiger partial charge is 0.491 e. The quantitative estimate of drug-likeness (QED) is 0.777. The zero-order chi connectivity index (χ0) is 15.8. The summed E-state index contributed by atoms with van der Waals surface area (Å²) in [5, 5.41) is 8.73. The summed E-state index contributed by atoms with van der Waals surface area (Å²) in [5.41, 5.74) is 0.650. The van der Waals surface area contributed by atoms with Crippen LogP contribution in [0.3, 0.4) is 0 Å². The van der Waals surface area contributed by atoms with Crippen LogP contribution in [0, 0.1) is 23.2 Å². The molecule has 0 spiro atoms. The highest BCUT2D eigenvalue weighted by molar-refractivity contribution is 5.34. The molecule has 22 heavy (non-hydrogen) atoms. The van der Waals surface area contributed by atoms with E-state index < -0.39 is 0 Å². The Morgan fingerprint density at radius 3 is 2.41 bits per heavy atom. The lowest BCUT2D eigenvalue weighted by Crippen LogP contribution is -3.14. The molecule has 0 unspecified atom stereocenters. The van der Waals surface area contributed by atoms with Gasteiger partial charge in [0, 0.05) is 11.8 Å². The molecule has 0 bridgehead atoms. The maximum absolute atomic E-state index is 8.73. The van der Waals surface area contributed by atoms with Gasteiger partial charge in [-0.2, -0.15) is 5.26 Å². The zero-order valence-corrected chi connectivity index (χ0v) is 13.7. The van der Waals surface area contributed by atoms with Gasteiger partial charge in [0.15, 0.2) is 0 Å². The molecule has 1 heterocycles. The van der Waals surface area contributed by atoms with Gasteiger partial charge in [-0.1, -0.05) is 13.8 Å². The van der Waals surface area contributed by atoms with Crippen molar-refractivity contribution in [3.63, 3.8) is 0 Å². The van der Waals surface area contributed by atoms with Gasteiger partial charge in [0.1, 0.15) is 18.9 Å². The van der Waals surface area contributed by atoms with Crippen LogP contribution >= 0.6 is 0 Å². The molecule has 1 saturated heterocycles. The fraction of sp³-hybridized carbons (Fsp3) is 0.611. The van der Waals surface area contributed by atoms with Gasteiger partial charge < -0.3 is 14.4 Å². The van der Waals surface area contributed by atoms with Crippen LogP contribution in [0.2, 0.25) is 0 Å². The van der Waals surface area contributed by atoms with E-state index in [9.17, 15) is 0 Å². The lowest BCUT2D eigenvalue weighted by Gasteiger charge is -2.31. The van der Waals surface area contributed by atoms with Gasteiger partial charge >= 0.3 is 0 Å². The third kappa shape index (κ3) is 5.67. The van der Waals surface area contributed by atoms with Gasteiger partial charge in [-0.05, 0) is 30.7 Å². The number of nitrogens with zero attached hydrogens (tertiary/aromatic N) is 1. The summed E-state index contributed by atoms with van der Waals surface area (Å²) in [6.45, 7) is 10.3. The molecule has 4 heteroatoms. The maximum Gasteiger partial charge on any atom is 0.119 e. The molecule has 0 radical (unpaired) electrons. The predicted molar refractivity (Wildman–Crippen MR) is 86.0 cm³/mol. The van der Waals surface area contributed by atoms with E-state index in [1.807, 2.05) is 12.1 Å². The van der Waals surface area contributed by atoms with Crippen LogP contribution in [0.25, 0.3) is 0 Å². The molecule has 2 atom stereocenters. The number of likely N-dealkylation sites (tertiary alicyclic amines) is 1. The Labute approximate surface area is 133 Å². The van der Waals surface area contributed by atoms with Gasteiger partial charge in [0.25, 0.3) is 0 Å². The van der Waals surface area contributed by atoms with Crippen molar-refractivity contribution < 1.29 is 14.4 Å². The van der Waals surface area contributed by atoms with E-state index >= 15 is 0 Å². The zero-order valence-electron chi connectivity index (χ0n) is 13.7. The molecule has 1 aliphatic heterocycles. The number of piperidine rings is 1. The Hall–Kier alpha value is -1.57. The molecule has 1 fully saturated rings. The third-order valence-electron chi connectivity index (χ3n) is 4.16. The summed E-state index contributed by atoms with van der Waals surface area (Å²) in [6, 6.07) is 9.25. The minimum Gasteiger partial charge on any atom is -0.491 e. The maximum atomic E-state index is 8.73. The Bertz CT molecular complexity index is 471. The summed E-state index contributed by atoms with van der Waals surface area (Å²) < 4.78 is 11.3. The third-order valence-corrected chi connectivity index (χ3v) is 4.16. The Morgan fingerprint density at radius 1 is 1.09 bits per heavy atom. The van der Waals surface area contributed by atoms with E-state index in [0.717, 1.165) is 30.7 Å². The first-order chi connectivity index (χ1) is 10.7. The molecule has 1 N–H and O–H groups in total. The van der Waals surface area contributed by atoms with E-state index in [0.29, 0.717) is 18.8 Å². The van der Waals surface area contributed by atoms with Gasteiger partial charge in [0.05, 0.1) is 37.9 Å². The second-order valence-corrected chi connectivity index (χ2v) is 6.45. The van der Waals surface area contributed by atoms with Gasteiger partial charge in [-0.25, -0.2) is 0 Å². The van der Waals surface area contributed by atoms with Crippen LogP contribution in [0.4, 0.5) is 0 Å². The van der Waals surface area contributed by atoms with Gasteiger partial charge in [-0.15, -0.1) is 0 Å². The van der Waals surface area contributed by atoms with Crippen LogP contribution in [0.1, 0.15) is 25.8 Å². The van der Waals surface area contributed by atoms with Crippen molar-refractivity contribution in [2.75, 3.05) is 39.5 Å². The SMILES string of the molecule is C[C@H]1C[C@H](C)C[NH+](CCOCCOc2ccc(C#N)cc2)C1. The Kier molecular flexibility index (Phi) is 6.70. The van der Waals surface area contributed by atoms with Gasteiger partial charge in [0.2, 0.25) is 0 Å². The molecule has 0 amide bonds. The van der Waals surface area contributed by atoms with Crippen molar-refractivity contribution in [1.29, 1.82) is 5.26 Å². The van der Waals surface area contributed by atoms with Crippen molar-refractivity contribution in [3.05, 3.63) is 29.8 Å².